The quantitative estimate of drug-likeness (QED) is 0.555. The molecular weight excluding hydrogens is 419 g/mol. The van der Waals surface area contributed by atoms with Crippen molar-refractivity contribution < 1.29 is 22.7 Å². The lowest BCUT2D eigenvalue weighted by molar-refractivity contribution is -0.117. The molecule has 32 heavy (non-hydrogen) atoms. The predicted molar refractivity (Wildman–Crippen MR) is 121 cm³/mol. The van der Waals surface area contributed by atoms with Crippen LogP contribution in [0, 0.1) is 23.4 Å². The number of aromatic nitrogens is 1. The maximum atomic E-state index is 13.3. The smallest absolute Gasteiger partial charge is 0.246 e. The van der Waals surface area contributed by atoms with Crippen LogP contribution < -0.4 is 14.5 Å². The maximum Gasteiger partial charge on any atom is 0.246 e. The van der Waals surface area contributed by atoms with E-state index in [4.69, 9.17) is 4.74 Å². The Bertz CT molecular complexity index is 940. The highest BCUT2D eigenvalue weighted by Gasteiger charge is 2.31. The van der Waals surface area contributed by atoms with E-state index in [0.29, 0.717) is 19.0 Å². The Hall–Kier alpha value is -2.77. The number of halogens is 3. The number of aryl methyl sites for hydroxylation is 1. The van der Waals surface area contributed by atoms with E-state index >= 15 is 0 Å². The molecule has 0 bridgehead atoms. The number of likely N-dealkylation sites (N-methyl/N-ethyl adjacent to an activating group) is 2. The summed E-state index contributed by atoms with van der Waals surface area (Å²) >= 11 is 0. The van der Waals surface area contributed by atoms with Gasteiger partial charge in [-0.3, -0.25) is 9.78 Å². The monoisotopic (exact) mass is 451 g/mol. The molecule has 0 spiro atoms. The van der Waals surface area contributed by atoms with Gasteiger partial charge in [0.1, 0.15) is 5.75 Å². The molecule has 0 N–H and O–H groups in total. The van der Waals surface area contributed by atoms with E-state index in [1.54, 1.807) is 11.1 Å². The summed E-state index contributed by atoms with van der Waals surface area (Å²) in [6, 6.07) is 3.80. The second kappa shape index (κ2) is 10.2. The Labute approximate surface area is 188 Å². The van der Waals surface area contributed by atoms with Crippen molar-refractivity contribution in [3.05, 3.63) is 47.5 Å². The number of fused-ring (bicyclic) bond motifs is 1. The zero-order valence-corrected chi connectivity index (χ0v) is 17.0. The van der Waals surface area contributed by atoms with Crippen molar-refractivity contribution >= 4 is 17.3 Å². The molecule has 0 saturated heterocycles. The Morgan fingerprint density at radius 3 is 2.38 bits per heavy atom. The van der Waals surface area contributed by atoms with Gasteiger partial charge in [0.2, 0.25) is 5.91 Å². The van der Waals surface area contributed by atoms with Gasteiger partial charge in [0.25, 0.3) is 0 Å². The molecule has 1 aliphatic carbocycles. The Morgan fingerprint density at radius 2 is 1.75 bits per heavy atom. The minimum atomic E-state index is -1.48. The standard InChI is InChI=1S/C22H24F3N3O2.2CH4/c1-3-28-20-11-26-14(8-19(20)27(2)12-21(28)29)5-4-13-6-15(7-13)30-16-9-17(23)22(25)18(24)10-16;;/h8-11,13,15H,3-7,12H2,1-2H3;2*1H4. The second-order valence-electron chi connectivity index (χ2n) is 7.98. The van der Waals surface area contributed by atoms with Gasteiger partial charge in [0, 0.05) is 31.4 Å². The molecule has 0 radical (unpaired) electrons. The molecular formula is C24H32F3N3O2. The molecule has 4 rings (SSSR count). The van der Waals surface area contributed by atoms with Gasteiger partial charge in [-0.25, -0.2) is 13.2 Å². The van der Waals surface area contributed by atoms with E-state index in [9.17, 15) is 18.0 Å². The fourth-order valence-corrected chi connectivity index (χ4v) is 4.14. The first-order chi connectivity index (χ1) is 14.4. The predicted octanol–water partition coefficient (Wildman–Crippen LogP) is 5.36. The van der Waals surface area contributed by atoms with Crippen LogP contribution in [0.5, 0.6) is 5.75 Å². The van der Waals surface area contributed by atoms with E-state index in [-0.39, 0.29) is 32.6 Å². The highest BCUT2D eigenvalue weighted by atomic mass is 19.2. The van der Waals surface area contributed by atoms with Crippen molar-refractivity contribution in [1.82, 2.24) is 4.98 Å². The molecule has 1 saturated carbocycles. The van der Waals surface area contributed by atoms with E-state index in [0.717, 1.165) is 54.9 Å². The molecule has 2 aromatic rings. The van der Waals surface area contributed by atoms with Gasteiger partial charge in [-0.1, -0.05) is 14.9 Å². The van der Waals surface area contributed by atoms with E-state index < -0.39 is 17.5 Å². The molecule has 1 aliphatic heterocycles. The molecule has 5 nitrogen and oxygen atoms in total. The molecule has 2 aliphatic rings. The van der Waals surface area contributed by atoms with Gasteiger partial charge < -0.3 is 14.5 Å². The fraction of sp³-hybridized carbons (Fsp3) is 0.500. The lowest BCUT2D eigenvalue weighted by Crippen LogP contribution is -2.44. The number of amides is 1. The second-order valence-corrected chi connectivity index (χ2v) is 7.98. The number of ether oxygens (including phenoxy) is 1. The third kappa shape index (κ3) is 5.00. The van der Waals surface area contributed by atoms with Crippen molar-refractivity contribution in [3.8, 4) is 5.75 Å². The fourth-order valence-electron chi connectivity index (χ4n) is 4.14. The largest absolute Gasteiger partial charge is 0.490 e. The lowest BCUT2D eigenvalue weighted by atomic mass is 9.79. The maximum absolute atomic E-state index is 13.3. The number of benzene rings is 1. The van der Waals surface area contributed by atoms with E-state index in [1.165, 1.54) is 0 Å². The number of hydrogen-bond acceptors (Lipinski definition) is 4. The summed E-state index contributed by atoms with van der Waals surface area (Å²) in [7, 11) is 1.91. The van der Waals surface area contributed by atoms with Crippen molar-refractivity contribution in [1.29, 1.82) is 0 Å². The van der Waals surface area contributed by atoms with Crippen molar-refractivity contribution in [2.45, 2.75) is 53.6 Å². The zero-order chi connectivity index (χ0) is 21.4. The van der Waals surface area contributed by atoms with Crippen molar-refractivity contribution in [2.75, 3.05) is 29.9 Å². The van der Waals surface area contributed by atoms with Gasteiger partial charge in [-0.05, 0) is 44.6 Å². The number of carbonyl (C=O) groups is 1. The Balaban J connectivity index is 0.00000181. The van der Waals surface area contributed by atoms with Gasteiger partial charge in [-0.2, -0.15) is 0 Å². The molecule has 8 heteroatoms. The van der Waals surface area contributed by atoms with Gasteiger partial charge in [-0.15, -0.1) is 0 Å². The SMILES string of the molecule is C.C.CCN1C(=O)CN(C)c2cc(CCC3CC(Oc4cc(F)c(F)c(F)c4)C3)ncc21. The van der Waals surface area contributed by atoms with Crippen LogP contribution in [0.2, 0.25) is 0 Å². The normalized spacial score (nSPS) is 19.5. The minimum Gasteiger partial charge on any atom is -0.490 e. The van der Waals surface area contributed by atoms with Crippen LogP contribution in [0.1, 0.15) is 46.7 Å². The number of pyridine rings is 1. The Morgan fingerprint density at radius 1 is 1.09 bits per heavy atom. The van der Waals surface area contributed by atoms with Gasteiger partial charge >= 0.3 is 0 Å². The molecule has 1 aromatic heterocycles. The number of anilines is 2. The number of carbonyl (C=O) groups excluding carboxylic acids is 1. The number of hydrogen-bond donors (Lipinski definition) is 0. The number of rotatable bonds is 6. The van der Waals surface area contributed by atoms with Crippen molar-refractivity contribution in [3.63, 3.8) is 0 Å². The molecule has 176 valence electrons. The lowest BCUT2D eigenvalue weighted by Gasteiger charge is -2.36. The van der Waals surface area contributed by atoms with Crippen LogP contribution in [0.3, 0.4) is 0 Å². The first kappa shape index (κ1) is 25.5. The number of nitrogens with zero attached hydrogens (tertiary/aromatic N) is 3. The highest BCUT2D eigenvalue weighted by molar-refractivity contribution is 6.02. The summed E-state index contributed by atoms with van der Waals surface area (Å²) in [5, 5.41) is 0. The van der Waals surface area contributed by atoms with Crippen LogP contribution in [0.15, 0.2) is 24.4 Å². The third-order valence-electron chi connectivity index (χ3n) is 5.87. The molecule has 1 fully saturated rings. The van der Waals surface area contributed by atoms with Gasteiger partial charge in [0.05, 0.1) is 30.2 Å². The van der Waals surface area contributed by atoms with Gasteiger partial charge in [0.15, 0.2) is 17.5 Å². The molecule has 2 heterocycles. The molecule has 0 unspecified atom stereocenters. The Kier molecular flexibility index (Phi) is 8.15. The minimum absolute atomic E-state index is 0. The van der Waals surface area contributed by atoms with Crippen LogP contribution in [-0.4, -0.2) is 37.1 Å². The summed E-state index contributed by atoms with van der Waals surface area (Å²) < 4.78 is 45.2. The molecule has 1 amide bonds. The van der Waals surface area contributed by atoms with Crippen molar-refractivity contribution in [2.24, 2.45) is 5.92 Å². The highest BCUT2D eigenvalue weighted by Crippen LogP contribution is 2.36. The first-order valence-electron chi connectivity index (χ1n) is 10.2. The zero-order valence-electron chi connectivity index (χ0n) is 17.0. The molecule has 1 aromatic carbocycles. The van der Waals surface area contributed by atoms with Crippen LogP contribution in [0.4, 0.5) is 24.5 Å². The summed E-state index contributed by atoms with van der Waals surface area (Å²) in [5.41, 5.74) is 2.82. The average Bonchev–Trinajstić information content (AvgIpc) is 2.68. The summed E-state index contributed by atoms with van der Waals surface area (Å²) in [6.07, 6.45) is 4.95. The first-order valence-corrected chi connectivity index (χ1v) is 10.2. The topological polar surface area (TPSA) is 45.7 Å². The third-order valence-corrected chi connectivity index (χ3v) is 5.87. The van der Waals surface area contributed by atoms with E-state index in [2.05, 4.69) is 4.98 Å². The van der Waals surface area contributed by atoms with Crippen LogP contribution in [0.25, 0.3) is 0 Å². The molecule has 0 atom stereocenters. The van der Waals surface area contributed by atoms with Crippen LogP contribution in [-0.2, 0) is 11.2 Å². The van der Waals surface area contributed by atoms with Crippen LogP contribution >= 0.6 is 0 Å². The average molecular weight is 452 g/mol. The summed E-state index contributed by atoms with van der Waals surface area (Å²) in [5.74, 6) is -3.44. The van der Waals surface area contributed by atoms with E-state index in [1.807, 2.05) is 24.9 Å². The summed E-state index contributed by atoms with van der Waals surface area (Å²) in [4.78, 5) is 20.4. The summed E-state index contributed by atoms with van der Waals surface area (Å²) in [6.45, 7) is 2.92.